The van der Waals surface area contributed by atoms with E-state index in [2.05, 4.69) is 4.90 Å². The fourth-order valence-corrected chi connectivity index (χ4v) is 1.85. The molecule has 4 nitrogen and oxygen atoms in total. The number of morpholine rings is 1. The van der Waals surface area contributed by atoms with Gasteiger partial charge in [-0.25, -0.2) is 0 Å². The lowest BCUT2D eigenvalue weighted by atomic mass is 10.1. The molecule has 1 saturated heterocycles. The Labute approximate surface area is 95.1 Å². The predicted molar refractivity (Wildman–Crippen MR) is 60.6 cm³/mol. The van der Waals surface area contributed by atoms with Crippen LogP contribution >= 0.6 is 0 Å². The van der Waals surface area contributed by atoms with Crippen molar-refractivity contribution in [1.29, 1.82) is 0 Å². The summed E-state index contributed by atoms with van der Waals surface area (Å²) in [6.45, 7) is 5.63. The number of hydrogen-bond acceptors (Lipinski definition) is 4. The number of phenols is 2. The summed E-state index contributed by atoms with van der Waals surface area (Å²) < 4.78 is 5.26. The van der Waals surface area contributed by atoms with Gasteiger partial charge in [0.15, 0.2) is 0 Å². The molecule has 0 bridgehead atoms. The summed E-state index contributed by atoms with van der Waals surface area (Å²) in [6, 6.07) is 3.24. The lowest BCUT2D eigenvalue weighted by Crippen LogP contribution is -2.35. The first kappa shape index (κ1) is 11.2. The van der Waals surface area contributed by atoms with E-state index in [0.717, 1.165) is 31.9 Å². The molecule has 0 atom stereocenters. The third kappa shape index (κ3) is 2.46. The summed E-state index contributed by atoms with van der Waals surface area (Å²) in [4.78, 5) is 2.20. The van der Waals surface area contributed by atoms with Crippen molar-refractivity contribution in [2.24, 2.45) is 0 Å². The van der Waals surface area contributed by atoms with Crippen molar-refractivity contribution in [2.45, 2.75) is 13.5 Å². The highest BCUT2D eigenvalue weighted by Crippen LogP contribution is 2.27. The van der Waals surface area contributed by atoms with E-state index in [0.29, 0.717) is 12.1 Å². The van der Waals surface area contributed by atoms with Crippen LogP contribution in [-0.4, -0.2) is 41.4 Å². The third-order valence-electron chi connectivity index (χ3n) is 2.89. The molecule has 88 valence electrons. The molecule has 0 aromatic heterocycles. The lowest BCUT2D eigenvalue weighted by Gasteiger charge is -2.26. The van der Waals surface area contributed by atoms with Crippen molar-refractivity contribution in [3.05, 3.63) is 23.3 Å². The second-order valence-corrected chi connectivity index (χ2v) is 4.16. The van der Waals surface area contributed by atoms with Crippen molar-refractivity contribution in [1.82, 2.24) is 4.90 Å². The first-order valence-electron chi connectivity index (χ1n) is 5.48. The van der Waals surface area contributed by atoms with Crippen LogP contribution in [0.2, 0.25) is 0 Å². The van der Waals surface area contributed by atoms with Gasteiger partial charge < -0.3 is 14.9 Å². The van der Waals surface area contributed by atoms with Crippen molar-refractivity contribution in [3.8, 4) is 11.5 Å². The van der Waals surface area contributed by atoms with Crippen LogP contribution in [0.5, 0.6) is 11.5 Å². The largest absolute Gasteiger partial charge is 0.508 e. The summed E-state index contributed by atoms with van der Waals surface area (Å²) in [7, 11) is 0. The van der Waals surface area contributed by atoms with Gasteiger partial charge in [-0.05, 0) is 24.6 Å². The Morgan fingerprint density at radius 1 is 1.19 bits per heavy atom. The molecule has 0 spiro atoms. The number of nitrogens with zero attached hydrogens (tertiary/aromatic N) is 1. The van der Waals surface area contributed by atoms with Crippen molar-refractivity contribution in [2.75, 3.05) is 26.3 Å². The topological polar surface area (TPSA) is 52.9 Å². The highest BCUT2D eigenvalue weighted by Gasteiger charge is 2.13. The molecule has 0 unspecified atom stereocenters. The van der Waals surface area contributed by atoms with Crippen LogP contribution in [0, 0.1) is 6.92 Å². The van der Waals surface area contributed by atoms with Gasteiger partial charge in [-0.15, -0.1) is 0 Å². The van der Waals surface area contributed by atoms with Crippen LogP contribution in [0.25, 0.3) is 0 Å². The molecule has 0 radical (unpaired) electrons. The normalized spacial score (nSPS) is 17.6. The monoisotopic (exact) mass is 223 g/mol. The molecule has 1 aromatic rings. The number of phenolic OH excluding ortho intramolecular Hbond substituents is 2. The van der Waals surface area contributed by atoms with Gasteiger partial charge in [0, 0.05) is 25.2 Å². The fourth-order valence-electron chi connectivity index (χ4n) is 1.85. The van der Waals surface area contributed by atoms with Gasteiger partial charge in [0.2, 0.25) is 0 Å². The van der Waals surface area contributed by atoms with Gasteiger partial charge >= 0.3 is 0 Å². The quantitative estimate of drug-likeness (QED) is 0.741. The molecule has 2 N–H and O–H groups in total. The second-order valence-electron chi connectivity index (χ2n) is 4.16. The minimum absolute atomic E-state index is 0.237. The highest BCUT2D eigenvalue weighted by atomic mass is 16.5. The van der Waals surface area contributed by atoms with Crippen molar-refractivity contribution in [3.63, 3.8) is 0 Å². The molecule has 4 heteroatoms. The van der Waals surface area contributed by atoms with E-state index in [1.54, 1.807) is 19.1 Å². The smallest absolute Gasteiger partial charge is 0.120 e. The summed E-state index contributed by atoms with van der Waals surface area (Å²) in [5.41, 5.74) is 1.47. The van der Waals surface area contributed by atoms with Gasteiger partial charge in [-0.2, -0.15) is 0 Å². The maximum atomic E-state index is 9.78. The van der Waals surface area contributed by atoms with Crippen LogP contribution in [0.15, 0.2) is 12.1 Å². The molecule has 1 aliphatic rings. The molecule has 1 aliphatic heterocycles. The fraction of sp³-hybridized carbons (Fsp3) is 0.500. The molecule has 1 heterocycles. The molecule has 0 aliphatic carbocycles. The molecule has 1 fully saturated rings. The standard InChI is InChI=1S/C12H17NO3/c1-9-6-12(15)10(7-11(9)14)8-13-2-4-16-5-3-13/h6-7,14-15H,2-5,8H2,1H3. The summed E-state index contributed by atoms with van der Waals surface area (Å²) >= 11 is 0. The van der Waals surface area contributed by atoms with E-state index in [1.807, 2.05) is 0 Å². The molecular formula is C12H17NO3. The zero-order valence-electron chi connectivity index (χ0n) is 9.44. The Kier molecular flexibility index (Phi) is 3.31. The van der Waals surface area contributed by atoms with E-state index in [-0.39, 0.29) is 11.5 Å². The molecule has 16 heavy (non-hydrogen) atoms. The first-order chi connectivity index (χ1) is 7.66. The van der Waals surface area contributed by atoms with E-state index < -0.39 is 0 Å². The Balaban J connectivity index is 2.11. The number of rotatable bonds is 2. The maximum absolute atomic E-state index is 9.78. The predicted octanol–water partition coefficient (Wildman–Crippen LogP) is 1.24. The van der Waals surface area contributed by atoms with Crippen molar-refractivity contribution < 1.29 is 14.9 Å². The van der Waals surface area contributed by atoms with Crippen LogP contribution in [-0.2, 0) is 11.3 Å². The summed E-state index contributed by atoms with van der Waals surface area (Å²) in [5, 5.41) is 19.4. The average molecular weight is 223 g/mol. The van der Waals surface area contributed by atoms with Crippen LogP contribution < -0.4 is 0 Å². The lowest BCUT2D eigenvalue weighted by molar-refractivity contribution is 0.0338. The highest BCUT2D eigenvalue weighted by molar-refractivity contribution is 5.44. The molecular weight excluding hydrogens is 206 g/mol. The number of aryl methyl sites for hydroxylation is 1. The van der Waals surface area contributed by atoms with E-state index in [4.69, 9.17) is 4.74 Å². The third-order valence-corrected chi connectivity index (χ3v) is 2.89. The van der Waals surface area contributed by atoms with E-state index in [1.165, 1.54) is 0 Å². The zero-order chi connectivity index (χ0) is 11.5. The second kappa shape index (κ2) is 4.72. The Morgan fingerprint density at radius 3 is 2.56 bits per heavy atom. The number of aromatic hydroxyl groups is 2. The first-order valence-corrected chi connectivity index (χ1v) is 5.48. The van der Waals surface area contributed by atoms with Gasteiger partial charge in [0.25, 0.3) is 0 Å². The molecule has 0 saturated carbocycles. The minimum Gasteiger partial charge on any atom is -0.508 e. The van der Waals surface area contributed by atoms with Gasteiger partial charge in [0.1, 0.15) is 11.5 Å². The van der Waals surface area contributed by atoms with Crippen molar-refractivity contribution >= 4 is 0 Å². The maximum Gasteiger partial charge on any atom is 0.120 e. The molecule has 1 aromatic carbocycles. The van der Waals surface area contributed by atoms with Gasteiger partial charge in [-0.3, -0.25) is 4.90 Å². The Hall–Kier alpha value is -1.26. The minimum atomic E-state index is 0.237. The Bertz CT molecular complexity index is 373. The summed E-state index contributed by atoms with van der Waals surface area (Å²) in [6.07, 6.45) is 0. The van der Waals surface area contributed by atoms with Gasteiger partial charge in [0.05, 0.1) is 13.2 Å². The van der Waals surface area contributed by atoms with Crippen LogP contribution in [0.3, 0.4) is 0 Å². The van der Waals surface area contributed by atoms with Gasteiger partial charge in [-0.1, -0.05) is 0 Å². The van der Waals surface area contributed by atoms with Crippen LogP contribution in [0.1, 0.15) is 11.1 Å². The molecule has 0 amide bonds. The van der Waals surface area contributed by atoms with E-state index >= 15 is 0 Å². The Morgan fingerprint density at radius 2 is 1.88 bits per heavy atom. The SMILES string of the molecule is Cc1cc(O)c(CN2CCOCC2)cc1O. The summed E-state index contributed by atoms with van der Waals surface area (Å²) in [5.74, 6) is 0.489. The number of ether oxygens (including phenoxy) is 1. The zero-order valence-corrected chi connectivity index (χ0v) is 9.44. The number of benzene rings is 1. The van der Waals surface area contributed by atoms with E-state index in [9.17, 15) is 10.2 Å². The average Bonchev–Trinajstić information content (AvgIpc) is 2.27. The van der Waals surface area contributed by atoms with Crippen LogP contribution in [0.4, 0.5) is 0 Å². The molecule has 2 rings (SSSR count). The number of hydrogen-bond donors (Lipinski definition) is 2.